The number of hydrogen-bond acceptors (Lipinski definition) is 3. The number of nitrogens with one attached hydrogen (secondary N) is 1. The van der Waals surface area contributed by atoms with Crippen LogP contribution in [0.4, 0.5) is 0 Å². The molecule has 19 heavy (non-hydrogen) atoms. The molecule has 1 aromatic rings. The van der Waals surface area contributed by atoms with Crippen LogP contribution in [0.15, 0.2) is 24.3 Å². The lowest BCUT2D eigenvalue weighted by Gasteiger charge is -2.45. The van der Waals surface area contributed by atoms with Gasteiger partial charge in [0.25, 0.3) is 0 Å². The van der Waals surface area contributed by atoms with Crippen molar-refractivity contribution in [2.45, 2.75) is 56.2 Å². The number of ether oxygens (including phenoxy) is 1. The fourth-order valence-corrected chi connectivity index (χ4v) is 3.74. The van der Waals surface area contributed by atoms with E-state index >= 15 is 0 Å². The summed E-state index contributed by atoms with van der Waals surface area (Å²) in [6.45, 7) is 0. The third-order valence-corrected chi connectivity index (χ3v) is 4.50. The van der Waals surface area contributed by atoms with Crippen molar-refractivity contribution in [2.75, 3.05) is 7.11 Å². The molecule has 2 fully saturated rings. The molecule has 104 valence electrons. The average molecular weight is 261 g/mol. The van der Waals surface area contributed by atoms with Crippen molar-refractivity contribution in [1.29, 1.82) is 0 Å². The molecule has 0 spiro atoms. The molecule has 3 heteroatoms. The Morgan fingerprint density at radius 2 is 2.05 bits per heavy atom. The molecule has 2 heterocycles. The minimum atomic E-state index is -0.548. The van der Waals surface area contributed by atoms with Gasteiger partial charge in [-0.3, -0.25) is 0 Å². The molecule has 2 unspecified atom stereocenters. The van der Waals surface area contributed by atoms with Gasteiger partial charge in [-0.15, -0.1) is 0 Å². The van der Waals surface area contributed by atoms with E-state index in [2.05, 4.69) is 11.4 Å². The first-order chi connectivity index (χ1) is 9.17. The number of fused-ring (bicyclic) bond motifs is 2. The summed E-state index contributed by atoms with van der Waals surface area (Å²) in [4.78, 5) is 0. The van der Waals surface area contributed by atoms with E-state index < -0.39 is 5.60 Å². The fraction of sp³-hybridized carbons (Fsp3) is 0.625. The number of aliphatic hydroxyl groups is 1. The predicted octanol–water partition coefficient (Wildman–Crippen LogP) is 2.27. The summed E-state index contributed by atoms with van der Waals surface area (Å²) >= 11 is 0. The molecule has 2 atom stereocenters. The molecule has 2 bridgehead atoms. The van der Waals surface area contributed by atoms with Crippen molar-refractivity contribution in [3.05, 3.63) is 29.8 Å². The van der Waals surface area contributed by atoms with E-state index in [0.717, 1.165) is 25.0 Å². The van der Waals surface area contributed by atoms with Gasteiger partial charge in [-0.2, -0.15) is 0 Å². The summed E-state index contributed by atoms with van der Waals surface area (Å²) in [5.41, 5.74) is 0.620. The highest BCUT2D eigenvalue weighted by Crippen LogP contribution is 2.35. The minimum Gasteiger partial charge on any atom is -0.497 e. The Kier molecular flexibility index (Phi) is 3.50. The third-order valence-electron chi connectivity index (χ3n) is 4.50. The van der Waals surface area contributed by atoms with Crippen molar-refractivity contribution in [3.8, 4) is 5.75 Å². The van der Waals surface area contributed by atoms with Gasteiger partial charge in [-0.1, -0.05) is 18.6 Å². The standard InChI is InChI=1S/C16H23NO2/c1-19-15-7-2-4-12(8-15)9-16(18)10-13-5-3-6-14(11-16)17-13/h2,4,7-8,13-14,17-18H,3,5-6,9-11H2,1H3. The zero-order valence-electron chi connectivity index (χ0n) is 11.6. The van der Waals surface area contributed by atoms with Crippen LogP contribution < -0.4 is 10.1 Å². The Morgan fingerprint density at radius 1 is 1.32 bits per heavy atom. The van der Waals surface area contributed by atoms with Crippen LogP contribution in [0.3, 0.4) is 0 Å². The van der Waals surface area contributed by atoms with E-state index in [0.29, 0.717) is 12.1 Å². The van der Waals surface area contributed by atoms with Gasteiger partial charge < -0.3 is 15.2 Å². The predicted molar refractivity (Wildman–Crippen MR) is 75.4 cm³/mol. The van der Waals surface area contributed by atoms with E-state index in [1.165, 1.54) is 24.8 Å². The summed E-state index contributed by atoms with van der Waals surface area (Å²) in [5.74, 6) is 0.871. The molecular formula is C16H23NO2. The van der Waals surface area contributed by atoms with Gasteiger partial charge in [0.15, 0.2) is 0 Å². The number of methoxy groups -OCH3 is 1. The van der Waals surface area contributed by atoms with Crippen LogP contribution in [0.2, 0.25) is 0 Å². The SMILES string of the molecule is COc1cccc(CC2(O)CC3CCCC(C2)N3)c1. The smallest absolute Gasteiger partial charge is 0.119 e. The summed E-state index contributed by atoms with van der Waals surface area (Å²) in [7, 11) is 1.68. The van der Waals surface area contributed by atoms with Crippen LogP contribution in [0.5, 0.6) is 5.75 Å². The maximum Gasteiger partial charge on any atom is 0.119 e. The highest BCUT2D eigenvalue weighted by Gasteiger charge is 2.40. The molecule has 2 aliphatic heterocycles. The lowest BCUT2D eigenvalue weighted by Crippen LogP contribution is -2.56. The van der Waals surface area contributed by atoms with Gasteiger partial charge in [0, 0.05) is 18.5 Å². The van der Waals surface area contributed by atoms with Gasteiger partial charge in [-0.25, -0.2) is 0 Å². The van der Waals surface area contributed by atoms with E-state index in [4.69, 9.17) is 4.74 Å². The van der Waals surface area contributed by atoms with E-state index in [9.17, 15) is 5.11 Å². The molecule has 0 amide bonds. The third kappa shape index (κ3) is 2.93. The summed E-state index contributed by atoms with van der Waals surface area (Å²) in [6, 6.07) is 9.07. The Hall–Kier alpha value is -1.06. The van der Waals surface area contributed by atoms with Gasteiger partial charge in [0.2, 0.25) is 0 Å². The molecule has 0 aromatic heterocycles. The second-order valence-corrected chi connectivity index (χ2v) is 6.15. The van der Waals surface area contributed by atoms with Crippen molar-refractivity contribution in [3.63, 3.8) is 0 Å². The quantitative estimate of drug-likeness (QED) is 0.877. The summed E-state index contributed by atoms with van der Waals surface area (Å²) < 4.78 is 5.26. The number of rotatable bonds is 3. The van der Waals surface area contributed by atoms with Crippen molar-refractivity contribution >= 4 is 0 Å². The largest absolute Gasteiger partial charge is 0.497 e. The first-order valence-electron chi connectivity index (χ1n) is 7.28. The Bertz CT molecular complexity index is 434. The summed E-state index contributed by atoms with van der Waals surface area (Å²) in [5, 5.41) is 14.5. The number of hydrogen-bond donors (Lipinski definition) is 2. The van der Waals surface area contributed by atoms with Crippen molar-refractivity contribution in [1.82, 2.24) is 5.32 Å². The molecule has 0 saturated carbocycles. The molecule has 2 saturated heterocycles. The Labute approximate surface area is 115 Å². The molecule has 2 N–H and O–H groups in total. The first kappa shape index (κ1) is 12.9. The zero-order valence-corrected chi connectivity index (χ0v) is 11.6. The van der Waals surface area contributed by atoms with E-state index in [1.807, 2.05) is 18.2 Å². The van der Waals surface area contributed by atoms with Crippen molar-refractivity contribution in [2.24, 2.45) is 0 Å². The van der Waals surface area contributed by atoms with Crippen LogP contribution in [-0.4, -0.2) is 29.9 Å². The van der Waals surface area contributed by atoms with Crippen molar-refractivity contribution < 1.29 is 9.84 Å². The zero-order chi connectivity index (χ0) is 13.3. The van der Waals surface area contributed by atoms with Crippen LogP contribution in [0.25, 0.3) is 0 Å². The summed E-state index contributed by atoms with van der Waals surface area (Å²) in [6.07, 6.45) is 6.20. The monoisotopic (exact) mass is 261 g/mol. The van der Waals surface area contributed by atoms with Crippen LogP contribution in [0, 0.1) is 0 Å². The molecular weight excluding hydrogens is 238 g/mol. The fourth-order valence-electron chi connectivity index (χ4n) is 3.74. The minimum absolute atomic E-state index is 0.503. The lowest BCUT2D eigenvalue weighted by molar-refractivity contribution is -0.0302. The van der Waals surface area contributed by atoms with Gasteiger partial charge >= 0.3 is 0 Å². The number of piperidine rings is 2. The maximum absolute atomic E-state index is 10.9. The van der Waals surface area contributed by atoms with Crippen LogP contribution in [-0.2, 0) is 6.42 Å². The van der Waals surface area contributed by atoms with Crippen LogP contribution in [0.1, 0.15) is 37.7 Å². The normalized spacial score (nSPS) is 34.0. The molecule has 0 radical (unpaired) electrons. The Morgan fingerprint density at radius 3 is 2.74 bits per heavy atom. The van der Waals surface area contributed by atoms with E-state index in [-0.39, 0.29) is 0 Å². The molecule has 2 aliphatic rings. The molecule has 1 aromatic carbocycles. The molecule has 0 aliphatic carbocycles. The second kappa shape index (κ2) is 5.14. The molecule has 3 rings (SSSR count). The topological polar surface area (TPSA) is 41.5 Å². The first-order valence-corrected chi connectivity index (χ1v) is 7.28. The van der Waals surface area contributed by atoms with E-state index in [1.54, 1.807) is 7.11 Å². The van der Waals surface area contributed by atoms with Gasteiger partial charge in [0.05, 0.1) is 12.7 Å². The maximum atomic E-state index is 10.9. The lowest BCUT2D eigenvalue weighted by atomic mass is 9.74. The van der Waals surface area contributed by atoms with Gasteiger partial charge in [-0.05, 0) is 43.4 Å². The van der Waals surface area contributed by atoms with Crippen LogP contribution >= 0.6 is 0 Å². The van der Waals surface area contributed by atoms with Gasteiger partial charge in [0.1, 0.15) is 5.75 Å². The Balaban J connectivity index is 1.73. The average Bonchev–Trinajstić information content (AvgIpc) is 2.37. The molecule has 3 nitrogen and oxygen atoms in total. The highest BCUT2D eigenvalue weighted by atomic mass is 16.5. The number of benzene rings is 1. The highest BCUT2D eigenvalue weighted by molar-refractivity contribution is 5.29. The second-order valence-electron chi connectivity index (χ2n) is 6.15.